The second-order valence-electron chi connectivity index (χ2n) is 4.57. The second-order valence-corrected chi connectivity index (χ2v) is 4.57. The Kier molecular flexibility index (Phi) is 2.48. The standard InChI is InChI=1S/C10H16N2O2/c1-10(6-11)2-3-12(7-10)8-4-14-5-9(8)13/h8-9,13H,2-5,7H2,1H3. The topological polar surface area (TPSA) is 56.5 Å². The summed E-state index contributed by atoms with van der Waals surface area (Å²) in [7, 11) is 0. The summed E-state index contributed by atoms with van der Waals surface area (Å²) in [5.41, 5.74) is -0.234. The molecule has 14 heavy (non-hydrogen) atoms. The summed E-state index contributed by atoms with van der Waals surface area (Å²) in [4.78, 5) is 2.18. The third-order valence-corrected chi connectivity index (χ3v) is 3.26. The van der Waals surface area contributed by atoms with E-state index in [2.05, 4.69) is 11.0 Å². The fourth-order valence-electron chi connectivity index (χ4n) is 2.25. The fraction of sp³-hybridized carbons (Fsp3) is 0.900. The zero-order valence-electron chi connectivity index (χ0n) is 8.44. The Morgan fingerprint density at radius 1 is 1.57 bits per heavy atom. The predicted octanol–water partition coefficient (Wildman–Crippen LogP) is -0.0183. The Balaban J connectivity index is 1.99. The number of aliphatic hydroxyl groups is 1. The smallest absolute Gasteiger partial charge is 0.0950 e. The lowest BCUT2D eigenvalue weighted by atomic mass is 9.92. The molecule has 0 aromatic carbocycles. The van der Waals surface area contributed by atoms with Crippen LogP contribution in [-0.2, 0) is 4.74 Å². The van der Waals surface area contributed by atoms with E-state index in [1.165, 1.54) is 0 Å². The number of nitrogens with zero attached hydrogens (tertiary/aromatic N) is 2. The van der Waals surface area contributed by atoms with Gasteiger partial charge in [0.25, 0.3) is 0 Å². The van der Waals surface area contributed by atoms with Crippen LogP contribution < -0.4 is 0 Å². The Bertz CT molecular complexity index is 263. The van der Waals surface area contributed by atoms with Gasteiger partial charge >= 0.3 is 0 Å². The molecule has 0 saturated carbocycles. The van der Waals surface area contributed by atoms with E-state index < -0.39 is 0 Å². The number of rotatable bonds is 1. The van der Waals surface area contributed by atoms with Crippen LogP contribution in [-0.4, -0.2) is 48.5 Å². The summed E-state index contributed by atoms with van der Waals surface area (Å²) in [6.45, 7) is 4.67. The lowest BCUT2D eigenvalue weighted by Gasteiger charge is -2.25. The number of aliphatic hydroxyl groups excluding tert-OH is 1. The van der Waals surface area contributed by atoms with Crippen molar-refractivity contribution in [3.63, 3.8) is 0 Å². The van der Waals surface area contributed by atoms with Crippen molar-refractivity contribution < 1.29 is 9.84 Å². The van der Waals surface area contributed by atoms with Gasteiger partial charge in [-0.05, 0) is 13.3 Å². The van der Waals surface area contributed by atoms with E-state index in [1.807, 2.05) is 6.92 Å². The van der Waals surface area contributed by atoms with Crippen molar-refractivity contribution >= 4 is 0 Å². The maximum Gasteiger partial charge on any atom is 0.0950 e. The molecule has 0 aromatic rings. The lowest BCUT2D eigenvalue weighted by Crippen LogP contribution is -2.42. The average Bonchev–Trinajstić information content (AvgIpc) is 2.73. The molecule has 2 aliphatic heterocycles. The molecule has 78 valence electrons. The van der Waals surface area contributed by atoms with Gasteiger partial charge in [-0.2, -0.15) is 5.26 Å². The molecule has 0 bridgehead atoms. The highest BCUT2D eigenvalue weighted by atomic mass is 16.5. The molecule has 3 atom stereocenters. The van der Waals surface area contributed by atoms with Gasteiger partial charge in [0.05, 0.1) is 36.8 Å². The largest absolute Gasteiger partial charge is 0.389 e. The van der Waals surface area contributed by atoms with Crippen molar-refractivity contribution in [3.05, 3.63) is 0 Å². The normalized spacial score (nSPS) is 44.1. The lowest BCUT2D eigenvalue weighted by molar-refractivity contribution is 0.0915. The predicted molar refractivity (Wildman–Crippen MR) is 50.5 cm³/mol. The van der Waals surface area contributed by atoms with Gasteiger partial charge in [-0.1, -0.05) is 0 Å². The molecule has 2 heterocycles. The molecule has 0 spiro atoms. The van der Waals surface area contributed by atoms with Gasteiger partial charge in [0.15, 0.2) is 0 Å². The van der Waals surface area contributed by atoms with Gasteiger partial charge in [-0.25, -0.2) is 0 Å². The maximum atomic E-state index is 9.64. The molecule has 2 fully saturated rings. The number of likely N-dealkylation sites (tertiary alicyclic amines) is 1. The molecule has 2 aliphatic rings. The zero-order chi connectivity index (χ0) is 10.2. The Labute approximate surface area is 84.1 Å². The number of hydrogen-bond acceptors (Lipinski definition) is 4. The quantitative estimate of drug-likeness (QED) is 0.640. The Hall–Kier alpha value is -0.630. The van der Waals surface area contributed by atoms with Crippen molar-refractivity contribution in [2.45, 2.75) is 25.5 Å². The van der Waals surface area contributed by atoms with Crippen LogP contribution >= 0.6 is 0 Å². The summed E-state index contributed by atoms with van der Waals surface area (Å²) in [6, 6.07) is 2.45. The van der Waals surface area contributed by atoms with Gasteiger partial charge in [0.2, 0.25) is 0 Å². The molecule has 3 unspecified atom stereocenters. The molecular formula is C10H16N2O2. The van der Waals surface area contributed by atoms with E-state index in [9.17, 15) is 5.11 Å². The summed E-state index contributed by atoms with van der Waals surface area (Å²) >= 11 is 0. The highest BCUT2D eigenvalue weighted by molar-refractivity contribution is 5.04. The summed E-state index contributed by atoms with van der Waals surface area (Å²) < 4.78 is 5.21. The third kappa shape index (κ3) is 1.63. The highest BCUT2D eigenvalue weighted by Crippen LogP contribution is 2.31. The van der Waals surface area contributed by atoms with E-state index in [1.54, 1.807) is 0 Å². The van der Waals surface area contributed by atoms with Gasteiger partial charge in [-0.15, -0.1) is 0 Å². The Morgan fingerprint density at radius 2 is 2.36 bits per heavy atom. The molecule has 2 saturated heterocycles. The van der Waals surface area contributed by atoms with E-state index in [-0.39, 0.29) is 17.6 Å². The van der Waals surface area contributed by atoms with E-state index in [0.717, 1.165) is 19.5 Å². The minimum absolute atomic E-state index is 0.102. The molecule has 4 nitrogen and oxygen atoms in total. The molecule has 0 aliphatic carbocycles. The van der Waals surface area contributed by atoms with Crippen LogP contribution in [0.1, 0.15) is 13.3 Å². The summed E-state index contributed by atoms with van der Waals surface area (Å²) in [6.07, 6.45) is 0.517. The highest BCUT2D eigenvalue weighted by Gasteiger charge is 2.41. The zero-order valence-corrected chi connectivity index (χ0v) is 8.44. The van der Waals surface area contributed by atoms with Crippen LogP contribution in [0.5, 0.6) is 0 Å². The third-order valence-electron chi connectivity index (χ3n) is 3.26. The first kappa shape index (κ1) is 9.91. The minimum atomic E-state index is -0.379. The molecule has 0 amide bonds. The first-order chi connectivity index (χ1) is 6.64. The molecular weight excluding hydrogens is 180 g/mol. The summed E-state index contributed by atoms with van der Waals surface area (Å²) in [5.74, 6) is 0. The van der Waals surface area contributed by atoms with Crippen LogP contribution in [0.15, 0.2) is 0 Å². The van der Waals surface area contributed by atoms with Crippen molar-refractivity contribution in [2.24, 2.45) is 5.41 Å². The van der Waals surface area contributed by atoms with Crippen LogP contribution in [0.3, 0.4) is 0 Å². The monoisotopic (exact) mass is 196 g/mol. The van der Waals surface area contributed by atoms with Crippen LogP contribution in [0.25, 0.3) is 0 Å². The first-order valence-electron chi connectivity index (χ1n) is 5.06. The molecule has 0 radical (unpaired) electrons. The minimum Gasteiger partial charge on any atom is -0.389 e. The number of nitriles is 1. The first-order valence-corrected chi connectivity index (χ1v) is 5.06. The average molecular weight is 196 g/mol. The van der Waals surface area contributed by atoms with Gasteiger partial charge < -0.3 is 9.84 Å². The van der Waals surface area contributed by atoms with Gasteiger partial charge in [0, 0.05) is 13.1 Å². The SMILES string of the molecule is CC1(C#N)CCN(C2COCC2O)C1. The molecule has 1 N–H and O–H groups in total. The van der Waals surface area contributed by atoms with E-state index in [4.69, 9.17) is 10.00 Å². The van der Waals surface area contributed by atoms with Crippen LogP contribution in [0.2, 0.25) is 0 Å². The van der Waals surface area contributed by atoms with Gasteiger partial charge in [0.1, 0.15) is 0 Å². The van der Waals surface area contributed by atoms with E-state index >= 15 is 0 Å². The van der Waals surface area contributed by atoms with Crippen molar-refractivity contribution in [2.75, 3.05) is 26.3 Å². The fourth-order valence-corrected chi connectivity index (χ4v) is 2.25. The molecule has 2 rings (SSSR count). The number of hydrogen-bond donors (Lipinski definition) is 1. The van der Waals surface area contributed by atoms with Crippen molar-refractivity contribution in [1.82, 2.24) is 4.90 Å². The maximum absolute atomic E-state index is 9.64. The van der Waals surface area contributed by atoms with Crippen LogP contribution in [0.4, 0.5) is 0 Å². The van der Waals surface area contributed by atoms with E-state index in [0.29, 0.717) is 13.2 Å². The van der Waals surface area contributed by atoms with Crippen molar-refractivity contribution in [3.8, 4) is 6.07 Å². The van der Waals surface area contributed by atoms with Crippen molar-refractivity contribution in [1.29, 1.82) is 5.26 Å². The molecule has 4 heteroatoms. The van der Waals surface area contributed by atoms with Gasteiger partial charge in [-0.3, -0.25) is 4.90 Å². The molecule has 0 aromatic heterocycles. The number of ether oxygens (including phenoxy) is 1. The summed E-state index contributed by atoms with van der Waals surface area (Å²) in [5, 5.41) is 18.6. The second kappa shape index (κ2) is 3.50. The van der Waals surface area contributed by atoms with Crippen LogP contribution in [0, 0.1) is 16.7 Å². The Morgan fingerprint density at radius 3 is 2.86 bits per heavy atom.